The van der Waals surface area contributed by atoms with Crippen LogP contribution in [0.15, 0.2) is 24.3 Å². The summed E-state index contributed by atoms with van der Waals surface area (Å²) in [5.41, 5.74) is -0.393. The number of imidazole rings is 1. The van der Waals surface area contributed by atoms with E-state index in [1.54, 1.807) is 0 Å². The fourth-order valence-corrected chi connectivity index (χ4v) is 3.87. The molecule has 164 valence electrons. The summed E-state index contributed by atoms with van der Waals surface area (Å²) < 4.78 is 42.1. The molecular weight excluding hydrogens is 433 g/mol. The Hall–Kier alpha value is -2.82. The quantitative estimate of drug-likeness (QED) is 0.268. The van der Waals surface area contributed by atoms with Gasteiger partial charge in [0, 0.05) is 18.2 Å². The summed E-state index contributed by atoms with van der Waals surface area (Å²) in [5, 5.41) is 22.1. The van der Waals surface area contributed by atoms with Crippen LogP contribution >= 0.6 is 11.6 Å². The molecule has 1 aliphatic heterocycles. The highest BCUT2D eigenvalue weighted by molar-refractivity contribution is 6.31. The molecule has 0 saturated carbocycles. The molecule has 7 nitrogen and oxygen atoms in total. The first-order valence-electron chi connectivity index (χ1n) is 9.60. The molecule has 0 radical (unpaired) electrons. The number of aromatic amines is 1. The first-order valence-corrected chi connectivity index (χ1v) is 9.98. The Morgan fingerprint density at radius 1 is 1.32 bits per heavy atom. The third kappa shape index (κ3) is 4.18. The van der Waals surface area contributed by atoms with Crippen molar-refractivity contribution in [2.45, 2.75) is 18.9 Å². The highest BCUT2D eigenvalue weighted by Crippen LogP contribution is 2.28. The van der Waals surface area contributed by atoms with Gasteiger partial charge in [-0.2, -0.15) is 0 Å². The smallest absolute Gasteiger partial charge is 0.201 e. The molecule has 1 unspecified atom stereocenters. The highest BCUT2D eigenvalue weighted by atomic mass is 35.5. The molecule has 1 fully saturated rings. The topological polar surface area (TPSA) is 91.3 Å². The first-order chi connectivity index (χ1) is 14.7. The zero-order chi connectivity index (χ0) is 22.3. The van der Waals surface area contributed by atoms with E-state index in [2.05, 4.69) is 20.2 Å². The first kappa shape index (κ1) is 21.4. The van der Waals surface area contributed by atoms with Gasteiger partial charge < -0.3 is 15.2 Å². The van der Waals surface area contributed by atoms with Gasteiger partial charge in [-0.15, -0.1) is 0 Å². The maximum atomic E-state index is 14.4. The summed E-state index contributed by atoms with van der Waals surface area (Å²) in [6.07, 6.45) is 1.89. The van der Waals surface area contributed by atoms with Crippen LogP contribution in [0.1, 0.15) is 18.4 Å². The molecule has 1 aliphatic rings. The number of amidine groups is 1. The van der Waals surface area contributed by atoms with E-state index >= 15 is 0 Å². The van der Waals surface area contributed by atoms with Crippen molar-refractivity contribution in [3.63, 3.8) is 0 Å². The van der Waals surface area contributed by atoms with Gasteiger partial charge in [-0.25, -0.2) is 23.2 Å². The second-order valence-electron chi connectivity index (χ2n) is 7.53. The van der Waals surface area contributed by atoms with Crippen molar-refractivity contribution in [1.82, 2.24) is 14.9 Å². The lowest BCUT2D eigenvalue weighted by atomic mass is 10.1. The molecule has 2 aromatic carbocycles. The Bertz CT molecular complexity index is 1150. The predicted octanol–water partition coefficient (Wildman–Crippen LogP) is 4.36. The van der Waals surface area contributed by atoms with Crippen LogP contribution in [0.4, 0.5) is 24.8 Å². The van der Waals surface area contributed by atoms with Crippen LogP contribution < -0.4 is 10.4 Å². The largest absolute Gasteiger partial charge is 0.352 e. The van der Waals surface area contributed by atoms with Crippen LogP contribution in [0.5, 0.6) is 0 Å². The van der Waals surface area contributed by atoms with Crippen molar-refractivity contribution < 1.29 is 18.4 Å². The highest BCUT2D eigenvalue weighted by Gasteiger charge is 2.24. The molecule has 4 rings (SSSR count). The van der Waals surface area contributed by atoms with Gasteiger partial charge in [-0.1, -0.05) is 11.6 Å². The molecule has 2 heterocycles. The van der Waals surface area contributed by atoms with E-state index in [1.807, 2.05) is 7.05 Å². The number of hydrogen-bond acceptors (Lipinski definition) is 5. The third-order valence-electron chi connectivity index (χ3n) is 5.24. The Morgan fingerprint density at radius 2 is 2.10 bits per heavy atom. The number of benzene rings is 2. The summed E-state index contributed by atoms with van der Waals surface area (Å²) in [6.45, 7) is 1.76. The van der Waals surface area contributed by atoms with Gasteiger partial charge in [-0.05, 0) is 50.7 Å². The van der Waals surface area contributed by atoms with Crippen LogP contribution in [0.25, 0.3) is 11.0 Å². The molecule has 1 atom stereocenters. The van der Waals surface area contributed by atoms with Crippen LogP contribution in [-0.2, 0) is 0 Å². The number of halogens is 4. The monoisotopic (exact) mass is 452 g/mol. The molecule has 0 aliphatic carbocycles. The lowest BCUT2D eigenvalue weighted by Crippen LogP contribution is -2.39. The van der Waals surface area contributed by atoms with Gasteiger partial charge in [0.05, 0.1) is 16.2 Å². The van der Waals surface area contributed by atoms with Crippen molar-refractivity contribution in [1.29, 1.82) is 5.41 Å². The van der Waals surface area contributed by atoms with Gasteiger partial charge in [0.2, 0.25) is 5.95 Å². The fourth-order valence-electron chi connectivity index (χ4n) is 3.70. The van der Waals surface area contributed by atoms with Crippen LogP contribution in [-0.4, -0.2) is 52.1 Å². The van der Waals surface area contributed by atoms with E-state index in [-0.39, 0.29) is 39.3 Å². The second kappa shape index (κ2) is 8.37. The Morgan fingerprint density at radius 3 is 2.81 bits per heavy atom. The van der Waals surface area contributed by atoms with E-state index in [4.69, 9.17) is 17.0 Å². The minimum atomic E-state index is -1.21. The number of likely N-dealkylation sites (N-methyl/N-ethyl adjacent to an activating group) is 1. The van der Waals surface area contributed by atoms with Crippen LogP contribution in [0, 0.1) is 22.9 Å². The number of likely N-dealkylation sites (tertiary alicyclic amines) is 1. The molecule has 3 aromatic rings. The van der Waals surface area contributed by atoms with Crippen molar-refractivity contribution in [3.8, 4) is 0 Å². The lowest BCUT2D eigenvalue weighted by molar-refractivity contribution is 0.260. The SMILES string of the molecule is CN1CCCC(Nc2nc3c(F)c(F)cc(C(=N)N(O)c4ccc(F)c(Cl)c4)c3[nH]2)C1. The summed E-state index contributed by atoms with van der Waals surface area (Å²) in [4.78, 5) is 9.17. The number of anilines is 2. The molecule has 0 bridgehead atoms. The maximum Gasteiger partial charge on any atom is 0.201 e. The predicted molar refractivity (Wildman–Crippen MR) is 113 cm³/mol. The molecule has 1 saturated heterocycles. The summed E-state index contributed by atoms with van der Waals surface area (Å²) in [6, 6.07) is 4.21. The Balaban J connectivity index is 1.69. The zero-order valence-electron chi connectivity index (χ0n) is 16.5. The van der Waals surface area contributed by atoms with Crippen molar-refractivity contribution in [2.24, 2.45) is 0 Å². The average Bonchev–Trinajstić information content (AvgIpc) is 3.15. The minimum absolute atomic E-state index is 0.0163. The van der Waals surface area contributed by atoms with Crippen molar-refractivity contribution in [2.75, 3.05) is 30.5 Å². The number of piperidine rings is 1. The van der Waals surface area contributed by atoms with Gasteiger partial charge in [0.25, 0.3) is 0 Å². The van der Waals surface area contributed by atoms with E-state index in [0.717, 1.165) is 44.1 Å². The number of aromatic nitrogens is 2. The van der Waals surface area contributed by atoms with Gasteiger partial charge in [0.1, 0.15) is 11.3 Å². The molecular formula is C20H20ClF3N6O. The van der Waals surface area contributed by atoms with Crippen molar-refractivity contribution in [3.05, 3.63) is 52.3 Å². The van der Waals surface area contributed by atoms with E-state index in [9.17, 15) is 18.4 Å². The number of hydrogen-bond donors (Lipinski definition) is 4. The van der Waals surface area contributed by atoms with Crippen LogP contribution in [0.2, 0.25) is 5.02 Å². The normalized spacial score (nSPS) is 17.2. The van der Waals surface area contributed by atoms with Gasteiger partial charge in [0.15, 0.2) is 17.5 Å². The number of fused-ring (bicyclic) bond motifs is 1. The molecule has 0 spiro atoms. The number of hydroxylamine groups is 1. The zero-order valence-corrected chi connectivity index (χ0v) is 17.3. The Kier molecular flexibility index (Phi) is 5.78. The standard InChI is InChI=1S/C20H20ClF3N6O/c1-29-6-2-3-10(9-29)26-20-27-17-12(8-15(23)16(24)18(17)28-20)19(25)30(31)11-4-5-14(22)13(21)7-11/h4-5,7-8,10,25,31H,2-3,6,9H2,1H3,(H2,26,27,28). The van der Waals surface area contributed by atoms with E-state index in [0.29, 0.717) is 5.06 Å². The van der Waals surface area contributed by atoms with E-state index < -0.39 is 23.3 Å². The molecule has 4 N–H and O–H groups in total. The molecule has 0 amide bonds. The molecule has 31 heavy (non-hydrogen) atoms. The summed E-state index contributed by atoms with van der Waals surface area (Å²) >= 11 is 5.74. The third-order valence-corrected chi connectivity index (χ3v) is 5.53. The van der Waals surface area contributed by atoms with Crippen molar-refractivity contribution >= 4 is 40.1 Å². The summed E-state index contributed by atoms with van der Waals surface area (Å²) in [5.74, 6) is -3.40. The lowest BCUT2D eigenvalue weighted by Gasteiger charge is -2.29. The second-order valence-corrected chi connectivity index (χ2v) is 7.94. The average molecular weight is 453 g/mol. The minimum Gasteiger partial charge on any atom is -0.352 e. The number of nitrogens with zero attached hydrogens (tertiary/aromatic N) is 3. The number of nitrogens with one attached hydrogen (secondary N) is 3. The molecule has 11 heteroatoms. The van der Waals surface area contributed by atoms with Crippen LogP contribution in [0.3, 0.4) is 0 Å². The number of rotatable bonds is 4. The summed E-state index contributed by atoms with van der Waals surface area (Å²) in [7, 11) is 2.00. The van der Waals surface area contributed by atoms with Gasteiger partial charge in [-0.3, -0.25) is 10.6 Å². The van der Waals surface area contributed by atoms with E-state index in [1.165, 1.54) is 6.07 Å². The van der Waals surface area contributed by atoms with Gasteiger partial charge >= 0.3 is 0 Å². The fraction of sp³-hybridized carbons (Fsp3) is 0.300. The number of H-pyrrole nitrogens is 1. The molecule has 1 aromatic heterocycles. The Labute approximate surface area is 180 Å². The maximum absolute atomic E-state index is 14.4.